The smallest absolute Gasteiger partial charge is 0.303 e. The van der Waals surface area contributed by atoms with E-state index in [1.807, 2.05) is 109 Å². The van der Waals surface area contributed by atoms with Gasteiger partial charge in [0.25, 0.3) is 22.5 Å². The van der Waals surface area contributed by atoms with Crippen LogP contribution in [0.15, 0.2) is 255 Å². The van der Waals surface area contributed by atoms with Gasteiger partial charge in [0.15, 0.2) is 0 Å². The standard InChI is InChI=1S/C60H57O4P4.3H3O4P/c1-4-49-37-43-58(44-38-49)65(52-25-13-7-14-26-52,53-27-15-8-16-28-53)62-68(61,63-66(54-29-17-9-18-30-54,55-31-19-10-20-32-55)59-45-39-50(5-2)40-46-59)64-67(56-33-21-11-22-34-56,57-35-23-12-24-36-57)60-47-41-51(6-3)42-48-60;3*1-5(2,3)4/h7-48H,4-6H2,1-3H3;3*(H3,1,2,3,4)/q+3;;;. The molecule has 0 aliphatic heterocycles. The molecule has 0 aliphatic carbocycles. The van der Waals surface area contributed by atoms with Gasteiger partial charge in [-0.15, -0.1) is 12.9 Å². The van der Waals surface area contributed by atoms with E-state index >= 15 is 4.57 Å². The number of benzene rings is 9. The van der Waals surface area contributed by atoms with Crippen molar-refractivity contribution in [1.29, 1.82) is 0 Å². The topological polar surface area (TPSA) is 278 Å². The van der Waals surface area contributed by atoms with Crippen molar-refractivity contribution in [3.8, 4) is 0 Å². The Morgan fingerprint density at radius 2 is 0.386 bits per heavy atom. The minimum atomic E-state index is -4.98. The quantitative estimate of drug-likeness (QED) is 0.0362. The minimum Gasteiger partial charge on any atom is -0.303 e. The molecule has 434 valence electrons. The summed E-state index contributed by atoms with van der Waals surface area (Å²) in [7, 11) is -29.2. The van der Waals surface area contributed by atoms with Crippen molar-refractivity contribution in [2.75, 3.05) is 0 Å². The summed E-state index contributed by atoms with van der Waals surface area (Å²) in [4.78, 5) is 64.7. The monoisotopic (exact) mass is 1260 g/mol. The predicted octanol–water partition coefficient (Wildman–Crippen LogP) is 9.77. The summed E-state index contributed by atoms with van der Waals surface area (Å²) in [5, 5.41) is 7.98. The molecular weight excluding hydrogens is 1190 g/mol. The lowest BCUT2D eigenvalue weighted by Gasteiger charge is -2.34. The van der Waals surface area contributed by atoms with Gasteiger partial charge >= 0.3 is 31.3 Å². The molecule has 0 fully saturated rings. The zero-order chi connectivity index (χ0) is 60.4. The molecule has 16 nitrogen and oxygen atoms in total. The van der Waals surface area contributed by atoms with E-state index < -0.39 is 53.8 Å². The molecule has 0 spiro atoms. The largest absolute Gasteiger partial charge is 0.579 e. The first-order valence-corrected chi connectivity index (χ1v) is 37.0. The molecule has 0 aliphatic rings. The molecule has 0 aromatic heterocycles. The Balaban J connectivity index is 0.000000656. The van der Waals surface area contributed by atoms with Crippen LogP contribution in [0.4, 0.5) is 0 Å². The van der Waals surface area contributed by atoms with Gasteiger partial charge in [0.05, 0.1) is 0 Å². The van der Waals surface area contributed by atoms with Gasteiger partial charge in [-0.3, -0.25) is 0 Å². The fourth-order valence-corrected chi connectivity index (χ4v) is 25.0. The molecule has 9 aromatic rings. The van der Waals surface area contributed by atoms with Crippen LogP contribution < -0.4 is 47.7 Å². The fourth-order valence-electron chi connectivity index (χ4n) is 8.91. The second-order valence-electron chi connectivity index (χ2n) is 18.1. The Labute approximate surface area is 485 Å². The van der Waals surface area contributed by atoms with E-state index in [0.29, 0.717) is 0 Å². The molecule has 0 saturated carbocycles. The zero-order valence-corrected chi connectivity index (χ0v) is 51.6. The molecule has 23 heteroatoms. The first-order valence-electron chi connectivity index (χ1n) is 25.7. The van der Waals surface area contributed by atoms with Crippen LogP contribution in [-0.4, -0.2) is 44.0 Å². The van der Waals surface area contributed by atoms with Crippen molar-refractivity contribution >= 4 is 101 Å². The third-order valence-corrected chi connectivity index (χ3v) is 27.1. The molecular formula is C60H66O16P7+3. The summed E-state index contributed by atoms with van der Waals surface area (Å²) >= 11 is 0. The average molecular weight is 1260 g/mol. The Hall–Kier alpha value is -5.29. The van der Waals surface area contributed by atoms with Crippen molar-refractivity contribution in [3.63, 3.8) is 0 Å². The molecule has 83 heavy (non-hydrogen) atoms. The molecule has 0 amide bonds. The molecule has 9 N–H and O–H groups in total. The van der Waals surface area contributed by atoms with Crippen LogP contribution in [0.5, 0.6) is 0 Å². The lowest BCUT2D eigenvalue weighted by molar-refractivity contribution is 0.272. The molecule has 0 atom stereocenters. The predicted molar refractivity (Wildman–Crippen MR) is 337 cm³/mol. The van der Waals surface area contributed by atoms with E-state index in [4.69, 9.17) is 70.7 Å². The second-order valence-corrected chi connectivity index (χ2v) is 32.4. The van der Waals surface area contributed by atoms with Gasteiger partial charge in [-0.25, -0.2) is 18.3 Å². The SMILES string of the molecule is CCc1ccc([P+](OP(=O)(O[P+](c2ccccc2)(c2ccccc2)c2ccc(CC)cc2)O[P+](c2ccccc2)(c2ccccc2)c2ccc(CC)cc2)(c2ccccc2)c2ccccc2)cc1.O=P(O)(O)O.O=P(O)(O)O.O=P(O)(O)O. The Bertz CT molecular complexity index is 3070. The highest BCUT2D eigenvalue weighted by Crippen LogP contribution is 2.82. The molecule has 0 saturated heterocycles. The summed E-state index contributed by atoms with van der Waals surface area (Å²) in [5.41, 5.74) is 3.56. The third kappa shape index (κ3) is 18.9. The molecule has 9 rings (SSSR count). The maximum Gasteiger partial charge on any atom is 0.579 e. The molecule has 0 heterocycles. The number of phosphoric acid groups is 4. The highest BCUT2D eigenvalue weighted by Gasteiger charge is 2.67. The molecule has 0 radical (unpaired) electrons. The maximum absolute atomic E-state index is 18.2. The van der Waals surface area contributed by atoms with Gasteiger partial charge < -0.3 is 44.0 Å². The van der Waals surface area contributed by atoms with E-state index in [1.54, 1.807) is 0 Å². The van der Waals surface area contributed by atoms with Crippen LogP contribution >= 0.6 is 53.8 Å². The summed E-state index contributed by atoms with van der Waals surface area (Å²) in [6, 6.07) is 87.5. The Morgan fingerprint density at radius 3 is 0.518 bits per heavy atom. The fraction of sp³-hybridized carbons (Fsp3) is 0.100. The van der Waals surface area contributed by atoms with E-state index in [-0.39, 0.29) is 0 Å². The van der Waals surface area contributed by atoms with Gasteiger partial charge in [0.2, 0.25) is 0 Å². The van der Waals surface area contributed by atoms with Crippen LogP contribution in [0.2, 0.25) is 0 Å². The Morgan fingerprint density at radius 1 is 0.253 bits per heavy atom. The second kappa shape index (κ2) is 30.2. The lowest BCUT2D eigenvalue weighted by Crippen LogP contribution is -2.37. The number of hydrogen-bond acceptors (Lipinski definition) is 7. The van der Waals surface area contributed by atoms with Gasteiger partial charge in [-0.1, -0.05) is 166 Å². The van der Waals surface area contributed by atoms with Crippen LogP contribution in [0.3, 0.4) is 0 Å². The lowest BCUT2D eigenvalue weighted by atomic mass is 10.2. The van der Waals surface area contributed by atoms with E-state index in [1.165, 1.54) is 16.7 Å². The average Bonchev–Trinajstić information content (AvgIpc) is 2.86. The minimum absolute atomic E-state index is 0.865. The van der Waals surface area contributed by atoms with Crippen molar-refractivity contribution < 1.29 is 75.2 Å². The zero-order valence-electron chi connectivity index (χ0n) is 45.4. The summed E-state index contributed by atoms with van der Waals surface area (Å²) in [6.07, 6.45) is 2.59. The van der Waals surface area contributed by atoms with Gasteiger partial charge in [0, 0.05) is 0 Å². The van der Waals surface area contributed by atoms with Crippen LogP contribution in [0, 0.1) is 0 Å². The van der Waals surface area contributed by atoms with Gasteiger partial charge in [0.1, 0.15) is 47.7 Å². The highest BCUT2D eigenvalue weighted by molar-refractivity contribution is 8.01. The van der Waals surface area contributed by atoms with Crippen LogP contribution in [0.25, 0.3) is 0 Å². The number of hydrogen-bond donors (Lipinski definition) is 9. The highest BCUT2D eigenvalue weighted by atomic mass is 31.3. The number of rotatable bonds is 18. The molecule has 0 unspecified atom stereocenters. The molecule has 0 bridgehead atoms. The summed E-state index contributed by atoms with van der Waals surface area (Å²) < 4.78 is 69.0. The Kier molecular flexibility index (Phi) is 24.3. The van der Waals surface area contributed by atoms with Crippen LogP contribution in [0.1, 0.15) is 37.5 Å². The van der Waals surface area contributed by atoms with E-state index in [2.05, 4.69) is 166 Å². The van der Waals surface area contributed by atoms with E-state index in [0.717, 1.165) is 67.0 Å². The van der Waals surface area contributed by atoms with Crippen molar-refractivity contribution in [1.82, 2.24) is 0 Å². The first-order chi connectivity index (χ1) is 39.4. The number of aryl methyl sites for hydroxylation is 3. The maximum atomic E-state index is 18.2. The summed E-state index contributed by atoms with van der Waals surface area (Å²) in [6.45, 7) is 6.47. The van der Waals surface area contributed by atoms with Gasteiger partial charge in [-0.05, 0) is 145 Å². The van der Waals surface area contributed by atoms with Crippen molar-refractivity contribution in [2.45, 2.75) is 40.0 Å². The van der Waals surface area contributed by atoms with Crippen molar-refractivity contribution in [3.05, 3.63) is 271 Å². The van der Waals surface area contributed by atoms with Crippen LogP contribution in [-0.2, 0) is 50.5 Å². The first kappa shape index (κ1) is 66.8. The van der Waals surface area contributed by atoms with Crippen molar-refractivity contribution in [2.24, 2.45) is 0 Å². The molecule has 9 aromatic carbocycles. The normalized spacial score (nSPS) is 12.1. The third-order valence-electron chi connectivity index (χ3n) is 12.5. The van der Waals surface area contributed by atoms with E-state index in [9.17, 15) is 0 Å². The van der Waals surface area contributed by atoms with Gasteiger partial charge in [-0.2, -0.15) is 0 Å². The summed E-state index contributed by atoms with van der Waals surface area (Å²) in [5.74, 6) is 0.